The van der Waals surface area contributed by atoms with Crippen molar-refractivity contribution < 1.29 is 9.53 Å². The van der Waals surface area contributed by atoms with Crippen LogP contribution < -0.4 is 4.90 Å². The van der Waals surface area contributed by atoms with E-state index in [1.165, 1.54) is 37.7 Å². The van der Waals surface area contributed by atoms with Gasteiger partial charge in [0.1, 0.15) is 11.6 Å². The van der Waals surface area contributed by atoms with Gasteiger partial charge in [0.15, 0.2) is 0 Å². The van der Waals surface area contributed by atoms with Crippen molar-refractivity contribution in [2.24, 2.45) is 5.92 Å². The second-order valence-electron chi connectivity index (χ2n) is 10.1. The molecule has 5 rings (SSSR count). The van der Waals surface area contributed by atoms with E-state index < -0.39 is 0 Å². The lowest BCUT2D eigenvalue weighted by Gasteiger charge is -2.39. The number of likely N-dealkylation sites (tertiary alicyclic amines) is 1. The number of amides is 1. The molecule has 0 radical (unpaired) electrons. The molecule has 1 amide bonds. The number of fused-ring (bicyclic) bond motifs is 1. The Morgan fingerprint density at radius 2 is 1.68 bits per heavy atom. The van der Waals surface area contributed by atoms with Crippen LogP contribution in [0.15, 0.2) is 0 Å². The molecule has 2 saturated heterocycles. The molecular formula is C25H38N4O2. The molecule has 0 spiro atoms. The van der Waals surface area contributed by atoms with Crippen molar-refractivity contribution in [2.75, 3.05) is 37.7 Å². The highest BCUT2D eigenvalue weighted by molar-refractivity contribution is 5.95. The fraction of sp³-hybridized carbons (Fsp3) is 0.800. The molecule has 170 valence electrons. The fourth-order valence-electron chi connectivity index (χ4n) is 6.17. The second-order valence-corrected chi connectivity index (χ2v) is 10.1. The summed E-state index contributed by atoms with van der Waals surface area (Å²) in [6.45, 7) is 7.03. The van der Waals surface area contributed by atoms with Gasteiger partial charge in [-0.1, -0.05) is 19.3 Å². The smallest absolute Gasteiger partial charge is 0.228 e. The lowest BCUT2D eigenvalue weighted by molar-refractivity contribution is -0.119. The van der Waals surface area contributed by atoms with Crippen molar-refractivity contribution in [1.82, 2.24) is 14.9 Å². The van der Waals surface area contributed by atoms with Crippen LogP contribution in [0.1, 0.15) is 87.2 Å². The summed E-state index contributed by atoms with van der Waals surface area (Å²) in [5.41, 5.74) is 2.30. The monoisotopic (exact) mass is 426 g/mol. The van der Waals surface area contributed by atoms with E-state index in [0.29, 0.717) is 24.3 Å². The first-order valence-electron chi connectivity index (χ1n) is 12.7. The minimum atomic E-state index is 0.261. The molecule has 3 aliphatic heterocycles. The normalized spacial score (nSPS) is 25.1. The van der Waals surface area contributed by atoms with E-state index in [2.05, 4.69) is 11.8 Å². The summed E-state index contributed by atoms with van der Waals surface area (Å²) < 4.78 is 5.54. The molecule has 1 saturated carbocycles. The lowest BCUT2D eigenvalue weighted by atomic mass is 9.88. The zero-order valence-corrected chi connectivity index (χ0v) is 19.2. The van der Waals surface area contributed by atoms with E-state index in [9.17, 15) is 4.79 Å². The van der Waals surface area contributed by atoms with E-state index in [0.717, 1.165) is 82.3 Å². The number of ether oxygens (including phenoxy) is 1. The van der Waals surface area contributed by atoms with E-state index in [-0.39, 0.29) is 5.91 Å². The van der Waals surface area contributed by atoms with E-state index >= 15 is 0 Å². The van der Waals surface area contributed by atoms with Crippen LogP contribution >= 0.6 is 0 Å². The molecule has 0 unspecified atom stereocenters. The number of nitrogens with zero attached hydrogens (tertiary/aromatic N) is 4. The summed E-state index contributed by atoms with van der Waals surface area (Å²) in [7, 11) is 0. The van der Waals surface area contributed by atoms with E-state index in [1.807, 2.05) is 4.90 Å². The van der Waals surface area contributed by atoms with Crippen molar-refractivity contribution in [3.05, 3.63) is 17.1 Å². The number of carbonyl (C=O) groups is 1. The predicted octanol–water partition coefficient (Wildman–Crippen LogP) is 4.00. The fourth-order valence-corrected chi connectivity index (χ4v) is 6.17. The predicted molar refractivity (Wildman–Crippen MR) is 121 cm³/mol. The van der Waals surface area contributed by atoms with Crippen LogP contribution in [-0.2, 0) is 16.0 Å². The molecule has 1 aromatic heterocycles. The summed E-state index contributed by atoms with van der Waals surface area (Å²) in [5, 5.41) is 0. The highest BCUT2D eigenvalue weighted by atomic mass is 16.5. The molecule has 4 aliphatic rings. The Morgan fingerprint density at radius 1 is 0.935 bits per heavy atom. The summed E-state index contributed by atoms with van der Waals surface area (Å²) >= 11 is 0. The number of rotatable bonds is 4. The summed E-state index contributed by atoms with van der Waals surface area (Å²) in [5.74, 6) is 3.22. The van der Waals surface area contributed by atoms with Gasteiger partial charge in [-0.3, -0.25) is 9.69 Å². The van der Waals surface area contributed by atoms with Gasteiger partial charge in [-0.15, -0.1) is 0 Å². The Morgan fingerprint density at radius 3 is 2.42 bits per heavy atom. The number of piperidine rings is 1. The van der Waals surface area contributed by atoms with E-state index in [4.69, 9.17) is 14.7 Å². The van der Waals surface area contributed by atoms with Gasteiger partial charge in [-0.05, 0) is 70.9 Å². The van der Waals surface area contributed by atoms with Crippen molar-refractivity contribution in [2.45, 2.75) is 89.5 Å². The largest absolute Gasteiger partial charge is 0.381 e. The third kappa shape index (κ3) is 4.65. The van der Waals surface area contributed by atoms with Gasteiger partial charge in [-0.25, -0.2) is 9.97 Å². The SMILES string of the molecule is Cc1nc(C2CCN(C3CCOCC3)CC2)nc2c1CCC(=O)N2CC1CCCCC1. The van der Waals surface area contributed by atoms with Crippen LogP contribution in [0.25, 0.3) is 0 Å². The highest BCUT2D eigenvalue weighted by Crippen LogP contribution is 2.35. The van der Waals surface area contributed by atoms with Gasteiger partial charge in [0.05, 0.1) is 0 Å². The first-order valence-corrected chi connectivity index (χ1v) is 12.7. The number of hydrogen-bond donors (Lipinski definition) is 0. The summed E-state index contributed by atoms with van der Waals surface area (Å²) in [6.07, 6.45) is 12.4. The minimum Gasteiger partial charge on any atom is -0.381 e. The number of anilines is 1. The Bertz CT molecular complexity index is 778. The molecule has 0 aromatic carbocycles. The van der Waals surface area contributed by atoms with Crippen molar-refractivity contribution in [1.29, 1.82) is 0 Å². The number of aryl methyl sites for hydroxylation is 1. The Balaban J connectivity index is 1.31. The van der Waals surface area contributed by atoms with Gasteiger partial charge in [0, 0.05) is 49.4 Å². The Hall–Kier alpha value is -1.53. The maximum Gasteiger partial charge on any atom is 0.228 e. The molecule has 3 fully saturated rings. The molecule has 6 nitrogen and oxygen atoms in total. The van der Waals surface area contributed by atoms with Crippen molar-refractivity contribution in [3.8, 4) is 0 Å². The van der Waals surface area contributed by atoms with Crippen LogP contribution in [0.5, 0.6) is 0 Å². The average molecular weight is 427 g/mol. The Kier molecular flexibility index (Phi) is 6.56. The van der Waals surface area contributed by atoms with Gasteiger partial charge in [0.2, 0.25) is 5.91 Å². The third-order valence-corrected chi connectivity index (χ3v) is 8.12. The average Bonchev–Trinajstić information content (AvgIpc) is 2.82. The Labute approximate surface area is 186 Å². The van der Waals surface area contributed by atoms with Crippen LogP contribution in [0.4, 0.5) is 5.82 Å². The van der Waals surface area contributed by atoms with Gasteiger partial charge < -0.3 is 9.64 Å². The molecule has 6 heteroatoms. The van der Waals surface area contributed by atoms with E-state index in [1.54, 1.807) is 0 Å². The van der Waals surface area contributed by atoms with Crippen molar-refractivity contribution >= 4 is 11.7 Å². The number of hydrogen-bond acceptors (Lipinski definition) is 5. The lowest BCUT2D eigenvalue weighted by Crippen LogP contribution is -2.44. The minimum absolute atomic E-state index is 0.261. The van der Waals surface area contributed by atoms with Crippen LogP contribution in [-0.4, -0.2) is 59.7 Å². The zero-order valence-electron chi connectivity index (χ0n) is 19.2. The molecule has 0 atom stereocenters. The standard InChI is InChI=1S/C25H38N4O2/c1-18-22-7-8-23(30)29(17-19-5-3-2-4-6-19)25(22)27-24(26-18)20-9-13-28(14-10-20)21-11-15-31-16-12-21/h19-21H,2-17H2,1H3. The van der Waals surface area contributed by atoms with Gasteiger partial charge in [0.25, 0.3) is 0 Å². The maximum atomic E-state index is 12.9. The third-order valence-electron chi connectivity index (χ3n) is 8.12. The maximum absolute atomic E-state index is 12.9. The van der Waals surface area contributed by atoms with Crippen LogP contribution in [0.3, 0.4) is 0 Å². The number of carbonyl (C=O) groups excluding carboxylic acids is 1. The molecule has 0 bridgehead atoms. The number of aromatic nitrogens is 2. The molecule has 0 N–H and O–H groups in total. The quantitative estimate of drug-likeness (QED) is 0.728. The van der Waals surface area contributed by atoms with Gasteiger partial charge >= 0.3 is 0 Å². The first kappa shape index (κ1) is 21.3. The molecule has 1 aliphatic carbocycles. The molecular weight excluding hydrogens is 388 g/mol. The summed E-state index contributed by atoms with van der Waals surface area (Å²) in [4.78, 5) is 27.6. The van der Waals surface area contributed by atoms with Crippen molar-refractivity contribution in [3.63, 3.8) is 0 Å². The molecule has 31 heavy (non-hydrogen) atoms. The van der Waals surface area contributed by atoms with Crippen LogP contribution in [0.2, 0.25) is 0 Å². The summed E-state index contributed by atoms with van der Waals surface area (Å²) in [6, 6.07) is 0.685. The highest BCUT2D eigenvalue weighted by Gasteiger charge is 2.33. The molecule has 4 heterocycles. The topological polar surface area (TPSA) is 58.6 Å². The first-order chi connectivity index (χ1) is 15.2. The zero-order chi connectivity index (χ0) is 21.2. The van der Waals surface area contributed by atoms with Gasteiger partial charge in [-0.2, -0.15) is 0 Å². The second kappa shape index (κ2) is 9.53. The van der Waals surface area contributed by atoms with Crippen LogP contribution in [0, 0.1) is 12.8 Å². The molecule has 1 aromatic rings.